The zero-order valence-electron chi connectivity index (χ0n) is 12.8. The minimum Gasteiger partial charge on any atom is -0.296 e. The van der Waals surface area contributed by atoms with Crippen molar-refractivity contribution < 1.29 is 0 Å². The Morgan fingerprint density at radius 2 is 1.74 bits per heavy atom. The molecule has 2 aromatic heterocycles. The highest BCUT2D eigenvalue weighted by molar-refractivity contribution is 9.10. The maximum Gasteiger partial charge on any atom is 0.235 e. The molecule has 0 spiro atoms. The maximum absolute atomic E-state index is 4.73. The van der Waals surface area contributed by atoms with Crippen molar-refractivity contribution in [1.82, 2.24) is 24.7 Å². The summed E-state index contributed by atoms with van der Waals surface area (Å²) in [6.45, 7) is 3.14. The Bertz CT molecular complexity index is 787. The normalized spacial score (nSPS) is 16.7. The molecule has 0 saturated carbocycles. The predicted molar refractivity (Wildman–Crippen MR) is 95.5 cm³/mol. The van der Waals surface area contributed by atoms with E-state index in [1.54, 1.807) is 11.3 Å². The first-order chi connectivity index (χ1) is 11.3. The van der Waals surface area contributed by atoms with E-state index in [9.17, 15) is 0 Å². The number of likely N-dealkylation sites (tertiary alicyclic amines) is 1. The summed E-state index contributed by atoms with van der Waals surface area (Å²) in [6, 6.07) is 8.22. The Balaban J connectivity index is 1.60. The molecule has 4 rings (SSSR count). The van der Waals surface area contributed by atoms with Crippen LogP contribution in [0, 0.1) is 0 Å². The Morgan fingerprint density at radius 3 is 2.48 bits per heavy atom. The molecule has 3 heterocycles. The molecule has 1 aliphatic rings. The van der Waals surface area contributed by atoms with Crippen LogP contribution in [0.5, 0.6) is 0 Å². The quantitative estimate of drug-likeness (QED) is 0.676. The van der Waals surface area contributed by atoms with Crippen LogP contribution in [0.25, 0.3) is 15.5 Å². The van der Waals surface area contributed by atoms with Crippen molar-refractivity contribution in [3.8, 4) is 10.6 Å². The average Bonchev–Trinajstić information content (AvgIpc) is 3.02. The molecule has 0 amide bonds. The molecular weight excluding hydrogens is 374 g/mol. The predicted octanol–water partition coefficient (Wildman–Crippen LogP) is 3.99. The van der Waals surface area contributed by atoms with E-state index in [-0.39, 0.29) is 0 Å². The third-order valence-corrected chi connectivity index (χ3v) is 5.69. The van der Waals surface area contributed by atoms with Gasteiger partial charge < -0.3 is 0 Å². The molecule has 0 aliphatic carbocycles. The summed E-state index contributed by atoms with van der Waals surface area (Å²) < 4.78 is 2.98. The first-order valence-corrected chi connectivity index (χ1v) is 9.60. The van der Waals surface area contributed by atoms with Crippen LogP contribution in [-0.4, -0.2) is 37.8 Å². The van der Waals surface area contributed by atoms with Gasteiger partial charge in [0.25, 0.3) is 0 Å². The molecule has 0 N–H and O–H groups in total. The molecule has 1 aliphatic heterocycles. The lowest BCUT2D eigenvalue weighted by atomic mass is 10.2. The van der Waals surface area contributed by atoms with Crippen molar-refractivity contribution in [2.45, 2.75) is 32.2 Å². The molecular formula is C16H18BrN5S. The average molecular weight is 392 g/mol. The fourth-order valence-electron chi connectivity index (χ4n) is 2.96. The van der Waals surface area contributed by atoms with Crippen LogP contribution in [0.4, 0.5) is 0 Å². The summed E-state index contributed by atoms with van der Waals surface area (Å²) in [5.74, 6) is 0.946. The van der Waals surface area contributed by atoms with Crippen molar-refractivity contribution in [3.63, 3.8) is 0 Å². The van der Waals surface area contributed by atoms with Crippen molar-refractivity contribution >= 4 is 32.2 Å². The Hall–Kier alpha value is -1.31. The first kappa shape index (κ1) is 15.2. The molecule has 0 atom stereocenters. The summed E-state index contributed by atoms with van der Waals surface area (Å²) in [6.07, 6.45) is 5.25. The first-order valence-electron chi connectivity index (χ1n) is 7.99. The Labute approximate surface area is 147 Å². The lowest BCUT2D eigenvalue weighted by Crippen LogP contribution is -2.25. The van der Waals surface area contributed by atoms with Crippen LogP contribution in [0.15, 0.2) is 28.7 Å². The number of halogens is 1. The summed E-state index contributed by atoms with van der Waals surface area (Å²) in [5.41, 5.74) is 1.12. The second-order valence-corrected chi connectivity index (χ2v) is 7.79. The molecule has 5 nitrogen and oxygen atoms in total. The second kappa shape index (κ2) is 6.67. The fraction of sp³-hybridized carbons (Fsp3) is 0.438. The van der Waals surface area contributed by atoms with E-state index in [0.717, 1.165) is 45.5 Å². The topological polar surface area (TPSA) is 46.3 Å². The highest BCUT2D eigenvalue weighted by Gasteiger charge is 2.16. The molecule has 1 aromatic carbocycles. The molecule has 0 unspecified atom stereocenters. The van der Waals surface area contributed by atoms with Gasteiger partial charge in [0.15, 0.2) is 5.82 Å². The monoisotopic (exact) mass is 391 g/mol. The van der Waals surface area contributed by atoms with Gasteiger partial charge in [-0.05, 0) is 38.1 Å². The van der Waals surface area contributed by atoms with E-state index in [1.807, 2.05) is 16.6 Å². The molecule has 1 fully saturated rings. The van der Waals surface area contributed by atoms with Crippen LogP contribution in [0.1, 0.15) is 31.5 Å². The van der Waals surface area contributed by atoms with Crippen LogP contribution in [0.2, 0.25) is 0 Å². The highest BCUT2D eigenvalue weighted by atomic mass is 79.9. The number of rotatable bonds is 3. The van der Waals surface area contributed by atoms with Crippen LogP contribution >= 0.6 is 27.3 Å². The molecule has 120 valence electrons. The summed E-state index contributed by atoms with van der Waals surface area (Å²) in [7, 11) is 0. The van der Waals surface area contributed by atoms with Gasteiger partial charge in [-0.3, -0.25) is 4.90 Å². The zero-order valence-corrected chi connectivity index (χ0v) is 15.2. The van der Waals surface area contributed by atoms with E-state index in [4.69, 9.17) is 5.10 Å². The van der Waals surface area contributed by atoms with E-state index < -0.39 is 0 Å². The number of fused-ring (bicyclic) bond motifs is 1. The van der Waals surface area contributed by atoms with Crippen molar-refractivity contribution in [2.75, 3.05) is 13.1 Å². The number of hydrogen-bond donors (Lipinski definition) is 0. The second-order valence-electron chi connectivity index (χ2n) is 5.92. The summed E-state index contributed by atoms with van der Waals surface area (Å²) >= 11 is 5.06. The minimum atomic E-state index is 0.838. The third-order valence-electron chi connectivity index (χ3n) is 4.21. The molecule has 0 bridgehead atoms. The fourth-order valence-corrected chi connectivity index (χ4v) is 4.09. The Kier molecular flexibility index (Phi) is 4.41. The number of benzene rings is 1. The van der Waals surface area contributed by atoms with Crippen LogP contribution in [-0.2, 0) is 6.54 Å². The van der Waals surface area contributed by atoms with Gasteiger partial charge in [-0.2, -0.15) is 9.61 Å². The molecule has 7 heteroatoms. The molecule has 23 heavy (non-hydrogen) atoms. The molecule has 1 saturated heterocycles. The van der Waals surface area contributed by atoms with Gasteiger partial charge >= 0.3 is 0 Å². The zero-order chi connectivity index (χ0) is 15.6. The van der Waals surface area contributed by atoms with Gasteiger partial charge in [0.1, 0.15) is 5.01 Å². The standard InChI is InChI=1S/C16H18BrN5S/c17-13-7-5-12(6-8-13)15-20-22-14(18-19-16(22)23-15)11-21-9-3-1-2-4-10-21/h5-8H,1-4,9-11H2. The molecule has 3 aromatic rings. The van der Waals surface area contributed by atoms with Crippen molar-refractivity contribution in [1.29, 1.82) is 0 Å². The summed E-state index contributed by atoms with van der Waals surface area (Å²) in [5, 5.41) is 14.4. The molecule has 0 radical (unpaired) electrons. The van der Waals surface area contributed by atoms with Crippen LogP contribution < -0.4 is 0 Å². The van der Waals surface area contributed by atoms with Crippen LogP contribution in [0.3, 0.4) is 0 Å². The van der Waals surface area contributed by atoms with Gasteiger partial charge in [-0.25, -0.2) is 0 Å². The van der Waals surface area contributed by atoms with Gasteiger partial charge in [0, 0.05) is 10.0 Å². The summed E-state index contributed by atoms with van der Waals surface area (Å²) in [4.78, 5) is 3.34. The Morgan fingerprint density at radius 1 is 1.00 bits per heavy atom. The highest BCUT2D eigenvalue weighted by Crippen LogP contribution is 2.27. The SMILES string of the molecule is Brc1ccc(-c2nn3c(CN4CCCCCC4)nnc3s2)cc1. The number of aromatic nitrogens is 4. The third kappa shape index (κ3) is 3.32. The number of nitrogens with zero attached hydrogens (tertiary/aromatic N) is 5. The van der Waals surface area contributed by atoms with E-state index in [1.165, 1.54) is 25.7 Å². The number of hydrogen-bond acceptors (Lipinski definition) is 5. The van der Waals surface area contributed by atoms with Gasteiger partial charge in [-0.1, -0.05) is 52.2 Å². The minimum absolute atomic E-state index is 0.838. The van der Waals surface area contributed by atoms with E-state index >= 15 is 0 Å². The maximum atomic E-state index is 4.73. The van der Waals surface area contributed by atoms with Crippen molar-refractivity contribution in [2.24, 2.45) is 0 Å². The van der Waals surface area contributed by atoms with E-state index in [0.29, 0.717) is 0 Å². The van der Waals surface area contributed by atoms with E-state index in [2.05, 4.69) is 43.2 Å². The lowest BCUT2D eigenvalue weighted by Gasteiger charge is -2.17. The van der Waals surface area contributed by atoms with Gasteiger partial charge in [0.05, 0.1) is 6.54 Å². The smallest absolute Gasteiger partial charge is 0.235 e. The van der Waals surface area contributed by atoms with Crippen molar-refractivity contribution in [3.05, 3.63) is 34.6 Å². The van der Waals surface area contributed by atoms with Gasteiger partial charge in [0.2, 0.25) is 4.96 Å². The lowest BCUT2D eigenvalue weighted by molar-refractivity contribution is 0.268. The van der Waals surface area contributed by atoms with Gasteiger partial charge in [-0.15, -0.1) is 10.2 Å². The largest absolute Gasteiger partial charge is 0.296 e.